The van der Waals surface area contributed by atoms with Gasteiger partial charge in [-0.25, -0.2) is 9.78 Å². The monoisotopic (exact) mass is 355 g/mol. The van der Waals surface area contributed by atoms with Gasteiger partial charge in [-0.1, -0.05) is 30.3 Å². The van der Waals surface area contributed by atoms with Crippen LogP contribution in [0.15, 0.2) is 53.9 Å². The van der Waals surface area contributed by atoms with E-state index in [0.29, 0.717) is 10.4 Å². The van der Waals surface area contributed by atoms with E-state index in [9.17, 15) is 14.4 Å². The van der Waals surface area contributed by atoms with Crippen molar-refractivity contribution < 1.29 is 19.1 Å². The lowest BCUT2D eigenvalue weighted by molar-refractivity contribution is -0.125. The Morgan fingerprint density at radius 2 is 1.84 bits per heavy atom. The summed E-state index contributed by atoms with van der Waals surface area (Å²) in [4.78, 5) is 39.9. The molecule has 2 aromatic heterocycles. The maximum Gasteiger partial charge on any atom is 0.357 e. The van der Waals surface area contributed by atoms with Crippen LogP contribution in [0.3, 0.4) is 0 Å². The number of hydrogen-bond donors (Lipinski definition) is 2. The van der Waals surface area contributed by atoms with Crippen LogP contribution in [-0.4, -0.2) is 29.4 Å². The fourth-order valence-electron chi connectivity index (χ4n) is 2.02. The van der Waals surface area contributed by atoms with Crippen LogP contribution in [0.4, 0.5) is 0 Å². The van der Waals surface area contributed by atoms with Crippen molar-refractivity contribution >= 4 is 40.0 Å². The Balaban J connectivity index is 1.50. The van der Waals surface area contributed by atoms with Crippen LogP contribution in [0.2, 0.25) is 0 Å². The second-order valence-corrected chi connectivity index (χ2v) is 5.89. The fourth-order valence-corrected chi connectivity index (χ4v) is 2.64. The standard InChI is InChI=1S/C17H13N3O4S/c21-15(19-20-16(22)14-6-3-9-25-14)10-24-17(23)13-8-7-11-4-1-2-5-12(11)18-13/h1-9H,10H2,(H,19,21)(H,20,22). The normalized spacial score (nSPS) is 10.2. The Hall–Kier alpha value is -3.26. The van der Waals surface area contributed by atoms with E-state index in [1.807, 2.05) is 18.2 Å². The molecule has 2 N–H and O–H groups in total. The molecule has 25 heavy (non-hydrogen) atoms. The highest BCUT2D eigenvalue weighted by Gasteiger charge is 2.13. The Kier molecular flexibility index (Phi) is 5.00. The van der Waals surface area contributed by atoms with Gasteiger partial charge in [0.05, 0.1) is 10.4 Å². The number of ether oxygens (including phenoxy) is 1. The Bertz CT molecular complexity index is 925. The van der Waals surface area contributed by atoms with Crippen molar-refractivity contribution in [2.45, 2.75) is 0 Å². The first-order valence-electron chi connectivity index (χ1n) is 7.29. The molecular formula is C17H13N3O4S. The molecule has 0 radical (unpaired) electrons. The van der Waals surface area contributed by atoms with E-state index in [1.165, 1.54) is 17.4 Å². The maximum absolute atomic E-state index is 12.0. The molecule has 0 atom stereocenters. The zero-order chi connectivity index (χ0) is 17.6. The molecule has 2 amide bonds. The van der Waals surface area contributed by atoms with Gasteiger partial charge in [0.1, 0.15) is 5.69 Å². The van der Waals surface area contributed by atoms with E-state index >= 15 is 0 Å². The van der Waals surface area contributed by atoms with Crippen LogP contribution in [0.1, 0.15) is 20.2 Å². The molecule has 0 saturated heterocycles. The minimum Gasteiger partial charge on any atom is -0.451 e. The summed E-state index contributed by atoms with van der Waals surface area (Å²) < 4.78 is 4.90. The first-order chi connectivity index (χ1) is 12.1. The first-order valence-corrected chi connectivity index (χ1v) is 8.17. The number of carbonyl (C=O) groups excluding carboxylic acids is 3. The number of amides is 2. The molecule has 3 rings (SSSR count). The third-order valence-corrected chi connectivity index (χ3v) is 4.07. The lowest BCUT2D eigenvalue weighted by atomic mass is 10.2. The van der Waals surface area contributed by atoms with Gasteiger partial charge in [-0.15, -0.1) is 11.3 Å². The van der Waals surface area contributed by atoms with Crippen molar-refractivity contribution in [2.24, 2.45) is 0 Å². The largest absolute Gasteiger partial charge is 0.451 e. The van der Waals surface area contributed by atoms with Crippen LogP contribution < -0.4 is 10.9 Å². The average molecular weight is 355 g/mol. The quantitative estimate of drug-likeness (QED) is 0.550. The Morgan fingerprint density at radius 1 is 1.00 bits per heavy atom. The van der Waals surface area contributed by atoms with Crippen molar-refractivity contribution in [3.8, 4) is 0 Å². The van der Waals surface area contributed by atoms with E-state index in [2.05, 4.69) is 15.8 Å². The van der Waals surface area contributed by atoms with E-state index < -0.39 is 24.4 Å². The summed E-state index contributed by atoms with van der Waals surface area (Å²) in [6, 6.07) is 14.0. The highest BCUT2D eigenvalue weighted by molar-refractivity contribution is 7.12. The van der Waals surface area contributed by atoms with Gasteiger partial charge in [-0.2, -0.15) is 0 Å². The highest BCUT2D eigenvalue weighted by Crippen LogP contribution is 2.12. The van der Waals surface area contributed by atoms with Gasteiger partial charge in [0.2, 0.25) is 0 Å². The summed E-state index contributed by atoms with van der Waals surface area (Å²) in [5.74, 6) is -1.81. The van der Waals surface area contributed by atoms with Crippen LogP contribution in [-0.2, 0) is 9.53 Å². The molecule has 0 fully saturated rings. The number of nitrogens with one attached hydrogen (secondary N) is 2. The minimum absolute atomic E-state index is 0.106. The van der Waals surface area contributed by atoms with Gasteiger partial charge in [-0.3, -0.25) is 20.4 Å². The molecule has 0 saturated carbocycles. The summed E-state index contributed by atoms with van der Waals surface area (Å²) >= 11 is 1.24. The smallest absolute Gasteiger partial charge is 0.357 e. The van der Waals surface area contributed by atoms with Gasteiger partial charge in [0.15, 0.2) is 6.61 Å². The summed E-state index contributed by atoms with van der Waals surface area (Å²) in [7, 11) is 0. The maximum atomic E-state index is 12.0. The summed E-state index contributed by atoms with van der Waals surface area (Å²) in [5.41, 5.74) is 5.18. The molecule has 2 heterocycles. The predicted molar refractivity (Wildman–Crippen MR) is 92.0 cm³/mol. The van der Waals surface area contributed by atoms with Gasteiger partial charge >= 0.3 is 5.97 Å². The first kappa shape index (κ1) is 16.6. The van der Waals surface area contributed by atoms with Crippen molar-refractivity contribution in [1.29, 1.82) is 0 Å². The molecule has 7 nitrogen and oxygen atoms in total. The zero-order valence-corrected chi connectivity index (χ0v) is 13.7. The van der Waals surface area contributed by atoms with E-state index in [-0.39, 0.29) is 5.69 Å². The molecule has 1 aromatic carbocycles. The number of pyridine rings is 1. The molecule has 3 aromatic rings. The zero-order valence-electron chi connectivity index (χ0n) is 12.9. The number of para-hydroxylation sites is 1. The van der Waals surface area contributed by atoms with Crippen molar-refractivity contribution in [3.63, 3.8) is 0 Å². The molecule has 0 aliphatic rings. The van der Waals surface area contributed by atoms with E-state index in [1.54, 1.807) is 29.6 Å². The van der Waals surface area contributed by atoms with E-state index in [0.717, 1.165) is 5.39 Å². The van der Waals surface area contributed by atoms with Gasteiger partial charge in [-0.05, 0) is 23.6 Å². The molecule has 0 unspecified atom stereocenters. The minimum atomic E-state index is -0.717. The van der Waals surface area contributed by atoms with Crippen molar-refractivity contribution in [2.75, 3.05) is 6.61 Å². The van der Waals surface area contributed by atoms with Gasteiger partial charge < -0.3 is 4.74 Å². The predicted octanol–water partition coefficient (Wildman–Crippen LogP) is 1.91. The van der Waals surface area contributed by atoms with Crippen LogP contribution in [0.5, 0.6) is 0 Å². The topological polar surface area (TPSA) is 97.4 Å². The summed E-state index contributed by atoms with van der Waals surface area (Å²) in [5, 5.41) is 2.64. The SMILES string of the molecule is O=C(COC(=O)c1ccc2ccccc2n1)NNC(=O)c1cccs1. The summed E-state index contributed by atoms with van der Waals surface area (Å²) in [6.07, 6.45) is 0. The molecule has 126 valence electrons. The highest BCUT2D eigenvalue weighted by atomic mass is 32.1. The fraction of sp³-hybridized carbons (Fsp3) is 0.0588. The second kappa shape index (κ2) is 7.54. The van der Waals surface area contributed by atoms with Gasteiger partial charge in [0, 0.05) is 5.39 Å². The van der Waals surface area contributed by atoms with Crippen LogP contribution in [0, 0.1) is 0 Å². The van der Waals surface area contributed by atoms with Crippen LogP contribution >= 0.6 is 11.3 Å². The molecule has 0 spiro atoms. The number of hydrazine groups is 1. The molecular weight excluding hydrogens is 342 g/mol. The van der Waals surface area contributed by atoms with Crippen molar-refractivity contribution in [3.05, 3.63) is 64.5 Å². The number of benzene rings is 1. The molecule has 8 heteroatoms. The number of carbonyl (C=O) groups is 3. The van der Waals surface area contributed by atoms with Gasteiger partial charge in [0.25, 0.3) is 11.8 Å². The van der Waals surface area contributed by atoms with Crippen molar-refractivity contribution in [1.82, 2.24) is 15.8 Å². The molecule has 0 aliphatic heterocycles. The van der Waals surface area contributed by atoms with Crippen LogP contribution in [0.25, 0.3) is 10.9 Å². The molecule has 0 bridgehead atoms. The second-order valence-electron chi connectivity index (χ2n) is 4.94. The third-order valence-electron chi connectivity index (χ3n) is 3.20. The summed E-state index contributed by atoms with van der Waals surface area (Å²) in [6.45, 7) is -0.530. The Labute approximate surface area is 146 Å². The lowest BCUT2D eigenvalue weighted by Crippen LogP contribution is -2.43. The molecule has 0 aliphatic carbocycles. The number of esters is 1. The number of aromatic nitrogens is 1. The number of hydrogen-bond acceptors (Lipinski definition) is 6. The number of thiophene rings is 1. The number of rotatable bonds is 4. The number of nitrogens with zero attached hydrogens (tertiary/aromatic N) is 1. The average Bonchev–Trinajstić information content (AvgIpc) is 3.18. The number of fused-ring (bicyclic) bond motifs is 1. The third kappa shape index (κ3) is 4.18. The van der Waals surface area contributed by atoms with E-state index in [4.69, 9.17) is 4.74 Å². The lowest BCUT2D eigenvalue weighted by Gasteiger charge is -2.07. The Morgan fingerprint density at radius 3 is 2.64 bits per heavy atom.